The first-order chi connectivity index (χ1) is 10.1. The first-order valence-electron chi connectivity index (χ1n) is 7.21. The van der Waals surface area contributed by atoms with Gasteiger partial charge < -0.3 is 10.4 Å². The van der Waals surface area contributed by atoms with Crippen molar-refractivity contribution in [3.63, 3.8) is 0 Å². The summed E-state index contributed by atoms with van der Waals surface area (Å²) in [5.74, 6) is 0.715. The van der Waals surface area contributed by atoms with Crippen LogP contribution in [0.4, 0.5) is 10.3 Å². The molecule has 21 heavy (non-hydrogen) atoms. The van der Waals surface area contributed by atoms with E-state index in [9.17, 15) is 14.8 Å². The molecule has 2 saturated carbocycles. The number of anilines is 1. The Morgan fingerprint density at radius 2 is 2.05 bits per heavy atom. The van der Waals surface area contributed by atoms with E-state index in [4.69, 9.17) is 0 Å². The number of aromatic nitrogens is 3. The molecule has 6 nitrogen and oxygen atoms in total. The van der Waals surface area contributed by atoms with Crippen molar-refractivity contribution in [3.05, 3.63) is 34.4 Å². The summed E-state index contributed by atoms with van der Waals surface area (Å²) in [7, 11) is 0. The van der Waals surface area contributed by atoms with Crippen molar-refractivity contribution < 1.29 is 14.0 Å². The molecule has 110 valence electrons. The maximum atomic E-state index is 13.2. The maximum Gasteiger partial charge on any atom is 0.461 e. The summed E-state index contributed by atoms with van der Waals surface area (Å²) < 4.78 is 13.7. The Morgan fingerprint density at radius 3 is 2.76 bits per heavy atom. The second kappa shape index (κ2) is 4.41. The van der Waals surface area contributed by atoms with Gasteiger partial charge in [-0.05, 0) is 49.7 Å². The van der Waals surface area contributed by atoms with Crippen molar-refractivity contribution in [2.75, 3.05) is 5.32 Å². The maximum absolute atomic E-state index is 13.2. The van der Waals surface area contributed by atoms with Gasteiger partial charge in [0.25, 0.3) is 0 Å². The molecule has 2 aromatic rings. The fourth-order valence-electron chi connectivity index (χ4n) is 3.79. The highest BCUT2D eigenvalue weighted by atomic mass is 19.1. The van der Waals surface area contributed by atoms with Gasteiger partial charge >= 0.3 is 11.5 Å². The Labute approximate surface area is 120 Å². The van der Waals surface area contributed by atoms with E-state index in [1.54, 1.807) is 0 Å². The normalized spacial score (nSPS) is 27.4. The monoisotopic (exact) mass is 290 g/mol. The molecule has 0 amide bonds. The molecule has 2 aliphatic rings. The van der Waals surface area contributed by atoms with E-state index in [-0.39, 0.29) is 23.0 Å². The largest absolute Gasteiger partial charge is 0.739 e. The Bertz CT molecular complexity index is 724. The Balaban J connectivity index is 1.72. The first kappa shape index (κ1) is 12.6. The molecule has 0 saturated heterocycles. The molecule has 2 aliphatic carbocycles. The summed E-state index contributed by atoms with van der Waals surface area (Å²) in [6.45, 7) is 0. The van der Waals surface area contributed by atoms with Gasteiger partial charge in [-0.15, -0.1) is 0 Å². The standard InChI is InChI=1S/C14H15FN4O2/c15-10-3-4-12-13(7-10)19(21)17-14(18(12)20)16-11-6-8-1-2-9(11)5-8/h3-4,7-9,11H,1-2,5-6H2,(H,16,17)/t8-,9+,11+/m0/s1. The lowest BCUT2D eigenvalue weighted by molar-refractivity contribution is -0.672. The van der Waals surface area contributed by atoms with Crippen LogP contribution < -0.4 is 14.9 Å². The van der Waals surface area contributed by atoms with Crippen molar-refractivity contribution in [2.45, 2.75) is 31.7 Å². The van der Waals surface area contributed by atoms with Gasteiger partial charge in [-0.2, -0.15) is 0 Å². The van der Waals surface area contributed by atoms with Gasteiger partial charge in [0.05, 0.1) is 12.1 Å². The topological polar surface area (TPSA) is 78.8 Å². The number of nitrogens with zero attached hydrogens (tertiary/aromatic N) is 3. The van der Waals surface area contributed by atoms with Crippen LogP contribution in [-0.2, 0) is 0 Å². The molecule has 0 radical (unpaired) electrons. The summed E-state index contributed by atoms with van der Waals surface area (Å²) in [6.07, 6.45) is 4.63. The van der Waals surface area contributed by atoms with Gasteiger partial charge in [0.15, 0.2) is 5.52 Å². The average Bonchev–Trinajstić information content (AvgIpc) is 3.07. The van der Waals surface area contributed by atoms with Gasteiger partial charge in [0, 0.05) is 4.85 Å². The smallest absolute Gasteiger partial charge is 0.461 e. The first-order valence-corrected chi connectivity index (χ1v) is 7.21. The molecule has 3 atom stereocenters. The zero-order valence-corrected chi connectivity index (χ0v) is 11.3. The van der Waals surface area contributed by atoms with Gasteiger partial charge in [0.2, 0.25) is 5.10 Å². The summed E-state index contributed by atoms with van der Waals surface area (Å²) in [5.41, 5.74) is 0.0514. The fourth-order valence-corrected chi connectivity index (χ4v) is 3.79. The minimum Gasteiger partial charge on any atom is -0.739 e. The predicted molar refractivity (Wildman–Crippen MR) is 72.5 cm³/mol. The van der Waals surface area contributed by atoms with Crippen molar-refractivity contribution in [3.8, 4) is 0 Å². The van der Waals surface area contributed by atoms with Crippen LogP contribution >= 0.6 is 0 Å². The quantitative estimate of drug-likeness (QED) is 0.666. The lowest BCUT2D eigenvalue weighted by atomic mass is 9.95. The van der Waals surface area contributed by atoms with Gasteiger partial charge in [-0.1, -0.05) is 0 Å². The Hall–Kier alpha value is -2.18. The highest BCUT2D eigenvalue weighted by molar-refractivity contribution is 5.67. The lowest BCUT2D eigenvalue weighted by Crippen LogP contribution is -2.46. The number of nitrogens with one attached hydrogen (secondary N) is 1. The van der Waals surface area contributed by atoms with Crippen LogP contribution in [0.2, 0.25) is 0 Å². The van der Waals surface area contributed by atoms with E-state index in [1.165, 1.54) is 18.9 Å². The molecule has 2 bridgehead atoms. The third-order valence-electron chi connectivity index (χ3n) is 4.79. The molecular formula is C14H15FN4O2. The molecule has 7 heteroatoms. The summed E-state index contributed by atoms with van der Waals surface area (Å²) in [5, 5.41) is 31.0. The number of hydrogen-bond acceptors (Lipinski definition) is 4. The van der Waals surface area contributed by atoms with Crippen LogP contribution in [0.25, 0.3) is 11.0 Å². The van der Waals surface area contributed by atoms with Crippen LogP contribution in [0.5, 0.6) is 0 Å². The molecule has 0 unspecified atom stereocenters. The Morgan fingerprint density at radius 1 is 1.19 bits per heavy atom. The van der Waals surface area contributed by atoms with Crippen LogP contribution in [0.1, 0.15) is 25.7 Å². The molecule has 1 aromatic carbocycles. The van der Waals surface area contributed by atoms with E-state index in [0.29, 0.717) is 15.5 Å². The second-order valence-electron chi connectivity index (χ2n) is 6.05. The van der Waals surface area contributed by atoms with Gasteiger partial charge in [-0.25, -0.2) is 9.12 Å². The van der Waals surface area contributed by atoms with Crippen LogP contribution in [-0.4, -0.2) is 11.1 Å². The zero-order valence-electron chi connectivity index (χ0n) is 11.3. The van der Waals surface area contributed by atoms with E-state index in [1.807, 2.05) is 0 Å². The molecule has 4 rings (SSSR count). The van der Waals surface area contributed by atoms with E-state index in [0.717, 1.165) is 30.9 Å². The molecule has 2 fully saturated rings. The highest BCUT2D eigenvalue weighted by Gasteiger charge is 2.42. The minimum atomic E-state index is -0.567. The lowest BCUT2D eigenvalue weighted by Gasteiger charge is -2.20. The molecule has 0 aliphatic heterocycles. The van der Waals surface area contributed by atoms with E-state index < -0.39 is 5.82 Å². The third kappa shape index (κ3) is 1.95. The van der Waals surface area contributed by atoms with Crippen LogP contribution in [0.15, 0.2) is 18.2 Å². The molecule has 0 spiro atoms. The summed E-state index contributed by atoms with van der Waals surface area (Å²) in [4.78, 5) is 0.308. The van der Waals surface area contributed by atoms with Crippen LogP contribution in [0.3, 0.4) is 0 Å². The molecule has 1 aromatic heterocycles. The SMILES string of the molecule is [O-][n+]1nc(N[C@@H]2C[C@H]3CC[C@@H]2C3)[n+]([O-])c2ccc(F)cc21. The van der Waals surface area contributed by atoms with Crippen molar-refractivity contribution in [1.82, 2.24) is 5.10 Å². The van der Waals surface area contributed by atoms with E-state index >= 15 is 0 Å². The predicted octanol–water partition coefficient (Wildman–Crippen LogP) is 1.24. The third-order valence-corrected chi connectivity index (χ3v) is 4.79. The number of rotatable bonds is 2. The highest BCUT2D eigenvalue weighted by Crippen LogP contribution is 2.45. The van der Waals surface area contributed by atoms with Crippen molar-refractivity contribution >= 4 is 17.0 Å². The molecule has 1 heterocycles. The molecule has 1 N–H and O–H groups in total. The Kier molecular flexibility index (Phi) is 2.63. The zero-order chi connectivity index (χ0) is 14.6. The minimum absolute atomic E-state index is 0.00154. The average molecular weight is 290 g/mol. The van der Waals surface area contributed by atoms with Gasteiger partial charge in [-0.3, -0.25) is 5.32 Å². The number of hydrogen-bond donors (Lipinski definition) is 1. The van der Waals surface area contributed by atoms with Crippen LogP contribution in [0, 0.1) is 28.1 Å². The number of halogens is 1. The van der Waals surface area contributed by atoms with Crippen molar-refractivity contribution in [1.29, 1.82) is 0 Å². The van der Waals surface area contributed by atoms with Gasteiger partial charge in [0.1, 0.15) is 5.82 Å². The number of benzene rings is 1. The second-order valence-corrected chi connectivity index (χ2v) is 6.05. The number of fused-ring (bicyclic) bond motifs is 3. The fraction of sp³-hybridized carbons (Fsp3) is 0.500. The summed E-state index contributed by atoms with van der Waals surface area (Å²) in [6, 6.07) is 3.69. The van der Waals surface area contributed by atoms with E-state index in [2.05, 4.69) is 10.4 Å². The molecular weight excluding hydrogens is 275 g/mol. The van der Waals surface area contributed by atoms with Crippen molar-refractivity contribution in [2.24, 2.45) is 11.8 Å². The summed E-state index contributed by atoms with van der Waals surface area (Å²) >= 11 is 0.